The number of amides is 2. The smallest absolute Gasteiger partial charge is 0.312 e. The molecule has 86 valence electrons. The predicted octanol–water partition coefficient (Wildman–Crippen LogP) is 1.63. The fourth-order valence-electron chi connectivity index (χ4n) is 1.32. The van der Waals surface area contributed by atoms with Gasteiger partial charge in [0.15, 0.2) is 0 Å². The Morgan fingerprint density at radius 3 is 2.69 bits per heavy atom. The van der Waals surface area contributed by atoms with Gasteiger partial charge in [0.25, 0.3) is 0 Å². The maximum Gasteiger partial charge on any atom is 0.312 e. The van der Waals surface area contributed by atoms with E-state index in [0.29, 0.717) is 5.56 Å². The molecule has 0 bridgehead atoms. The molecule has 2 amide bonds. The number of benzene rings is 1. The molecule has 6 heteroatoms. The molecular weight excluding hydrogens is 276 g/mol. The zero-order valence-electron chi connectivity index (χ0n) is 8.31. The van der Waals surface area contributed by atoms with Crippen molar-refractivity contribution in [2.24, 2.45) is 5.73 Å². The molecule has 1 rings (SSSR count). The molecule has 0 fully saturated rings. The average Bonchev–Trinajstić information content (AvgIpc) is 2.15. The van der Waals surface area contributed by atoms with Crippen LogP contribution in [0, 0.1) is 0 Å². The molecular formula is C10H11BrN2O3. The third kappa shape index (κ3) is 3.90. The third-order valence-electron chi connectivity index (χ3n) is 1.95. The number of carboxylic acids is 1. The highest BCUT2D eigenvalue weighted by molar-refractivity contribution is 9.10. The maximum absolute atomic E-state index is 10.8. The maximum atomic E-state index is 10.8. The number of rotatable bonds is 4. The number of nitrogens with one attached hydrogen (secondary N) is 1. The molecule has 0 heterocycles. The Labute approximate surface area is 101 Å². The van der Waals surface area contributed by atoms with Crippen LogP contribution in [0.1, 0.15) is 18.0 Å². The summed E-state index contributed by atoms with van der Waals surface area (Å²) in [5.41, 5.74) is 5.68. The van der Waals surface area contributed by atoms with Crippen molar-refractivity contribution >= 4 is 27.9 Å². The van der Waals surface area contributed by atoms with E-state index < -0.39 is 18.0 Å². The second-order valence-electron chi connectivity index (χ2n) is 3.21. The van der Waals surface area contributed by atoms with E-state index in [1.165, 1.54) is 0 Å². The van der Waals surface area contributed by atoms with Crippen LogP contribution in [0.3, 0.4) is 0 Å². The lowest BCUT2D eigenvalue weighted by Crippen LogP contribution is -2.34. The molecule has 1 atom stereocenters. The van der Waals surface area contributed by atoms with E-state index in [-0.39, 0.29) is 6.42 Å². The number of carboxylic acid groups (broad SMARTS) is 1. The number of hydrogen-bond acceptors (Lipinski definition) is 2. The van der Waals surface area contributed by atoms with Crippen LogP contribution in [-0.4, -0.2) is 17.1 Å². The van der Waals surface area contributed by atoms with Crippen molar-refractivity contribution < 1.29 is 14.7 Å². The van der Waals surface area contributed by atoms with Gasteiger partial charge in [0.05, 0.1) is 12.5 Å². The molecule has 16 heavy (non-hydrogen) atoms. The van der Waals surface area contributed by atoms with Gasteiger partial charge in [-0.1, -0.05) is 28.1 Å². The number of urea groups is 1. The van der Waals surface area contributed by atoms with Gasteiger partial charge < -0.3 is 16.2 Å². The van der Waals surface area contributed by atoms with Crippen molar-refractivity contribution in [1.29, 1.82) is 0 Å². The van der Waals surface area contributed by atoms with Crippen molar-refractivity contribution in [2.75, 3.05) is 0 Å². The number of carbonyl (C=O) groups excluding carboxylic acids is 1. The molecule has 5 nitrogen and oxygen atoms in total. The standard InChI is InChI=1S/C10H11BrN2O3/c11-7-3-1-2-6(4-7)8(5-9(14)15)13-10(12)16/h1-4,8H,5H2,(H,14,15)(H3,12,13,16)/t8-/m0/s1. The number of primary amides is 1. The first kappa shape index (κ1) is 12.5. The first-order valence-corrected chi connectivity index (χ1v) is 5.31. The summed E-state index contributed by atoms with van der Waals surface area (Å²) in [7, 11) is 0. The second kappa shape index (κ2) is 5.50. The highest BCUT2D eigenvalue weighted by atomic mass is 79.9. The van der Waals surface area contributed by atoms with Gasteiger partial charge in [-0.2, -0.15) is 0 Å². The molecule has 0 saturated heterocycles. The average molecular weight is 287 g/mol. The normalized spacial score (nSPS) is 11.8. The highest BCUT2D eigenvalue weighted by Crippen LogP contribution is 2.20. The van der Waals surface area contributed by atoms with Crippen LogP contribution in [0.2, 0.25) is 0 Å². The first-order chi connectivity index (χ1) is 7.49. The molecule has 0 aromatic heterocycles. The second-order valence-corrected chi connectivity index (χ2v) is 4.13. The summed E-state index contributed by atoms with van der Waals surface area (Å²) >= 11 is 3.27. The van der Waals surface area contributed by atoms with E-state index >= 15 is 0 Å². The summed E-state index contributed by atoms with van der Waals surface area (Å²) in [6.45, 7) is 0. The predicted molar refractivity (Wildman–Crippen MR) is 61.9 cm³/mol. The number of halogens is 1. The molecule has 0 radical (unpaired) electrons. The fraction of sp³-hybridized carbons (Fsp3) is 0.200. The van der Waals surface area contributed by atoms with Gasteiger partial charge in [-0.05, 0) is 17.7 Å². The van der Waals surface area contributed by atoms with Crippen LogP contribution >= 0.6 is 15.9 Å². The van der Waals surface area contributed by atoms with Crippen molar-refractivity contribution in [3.63, 3.8) is 0 Å². The van der Waals surface area contributed by atoms with Crippen LogP contribution in [0.25, 0.3) is 0 Å². The SMILES string of the molecule is NC(=O)N[C@@H](CC(=O)O)c1cccc(Br)c1. The van der Waals surface area contributed by atoms with Gasteiger partial charge in [-0.3, -0.25) is 4.79 Å². The molecule has 0 aliphatic rings. The minimum atomic E-state index is -1.00. The summed E-state index contributed by atoms with van der Waals surface area (Å²) < 4.78 is 0.812. The number of aliphatic carboxylic acids is 1. The molecule has 0 spiro atoms. The zero-order valence-corrected chi connectivity index (χ0v) is 9.90. The van der Waals surface area contributed by atoms with Crippen LogP contribution in [0.15, 0.2) is 28.7 Å². The van der Waals surface area contributed by atoms with Crippen molar-refractivity contribution in [3.8, 4) is 0 Å². The highest BCUT2D eigenvalue weighted by Gasteiger charge is 2.16. The van der Waals surface area contributed by atoms with Crippen molar-refractivity contribution in [1.82, 2.24) is 5.32 Å². The molecule has 0 aliphatic heterocycles. The van der Waals surface area contributed by atoms with Gasteiger partial charge in [-0.15, -0.1) is 0 Å². The number of nitrogens with two attached hydrogens (primary N) is 1. The summed E-state index contributed by atoms with van der Waals surface area (Å²) in [5, 5.41) is 11.1. The van der Waals surface area contributed by atoms with Gasteiger partial charge in [0, 0.05) is 4.47 Å². The molecule has 0 unspecified atom stereocenters. The lowest BCUT2D eigenvalue weighted by Gasteiger charge is -2.16. The molecule has 1 aromatic carbocycles. The van der Waals surface area contributed by atoms with Crippen molar-refractivity contribution in [3.05, 3.63) is 34.3 Å². The Morgan fingerprint density at radius 1 is 1.50 bits per heavy atom. The molecule has 0 aliphatic carbocycles. The Bertz CT molecular complexity index is 393. The van der Waals surface area contributed by atoms with E-state index in [9.17, 15) is 9.59 Å². The van der Waals surface area contributed by atoms with Gasteiger partial charge in [0.2, 0.25) is 0 Å². The largest absolute Gasteiger partial charge is 0.481 e. The van der Waals surface area contributed by atoms with Crippen LogP contribution in [-0.2, 0) is 4.79 Å². The summed E-state index contributed by atoms with van der Waals surface area (Å²) in [6.07, 6.45) is -0.209. The van der Waals surface area contributed by atoms with E-state index in [4.69, 9.17) is 10.8 Å². The van der Waals surface area contributed by atoms with E-state index in [1.807, 2.05) is 6.07 Å². The zero-order chi connectivity index (χ0) is 12.1. The number of hydrogen-bond donors (Lipinski definition) is 3. The third-order valence-corrected chi connectivity index (χ3v) is 2.44. The minimum absolute atomic E-state index is 0.209. The monoisotopic (exact) mass is 286 g/mol. The van der Waals surface area contributed by atoms with E-state index in [1.54, 1.807) is 18.2 Å². The summed E-state index contributed by atoms with van der Waals surface area (Å²) in [4.78, 5) is 21.4. The Hall–Kier alpha value is -1.56. The minimum Gasteiger partial charge on any atom is -0.481 e. The quantitative estimate of drug-likeness (QED) is 0.785. The Balaban J connectivity index is 2.90. The van der Waals surface area contributed by atoms with Crippen LogP contribution in [0.4, 0.5) is 4.79 Å². The van der Waals surface area contributed by atoms with Gasteiger partial charge >= 0.3 is 12.0 Å². The molecule has 0 saturated carbocycles. The van der Waals surface area contributed by atoms with Gasteiger partial charge in [0.1, 0.15) is 0 Å². The topological polar surface area (TPSA) is 92.4 Å². The van der Waals surface area contributed by atoms with E-state index in [0.717, 1.165) is 4.47 Å². The van der Waals surface area contributed by atoms with Crippen LogP contribution < -0.4 is 11.1 Å². The summed E-state index contributed by atoms with van der Waals surface area (Å²) in [5.74, 6) is -1.00. The molecule has 4 N–H and O–H groups in total. The number of carbonyl (C=O) groups is 2. The Kier molecular flexibility index (Phi) is 4.30. The van der Waals surface area contributed by atoms with Crippen LogP contribution in [0.5, 0.6) is 0 Å². The van der Waals surface area contributed by atoms with E-state index in [2.05, 4.69) is 21.2 Å². The molecule has 1 aromatic rings. The summed E-state index contributed by atoms with van der Waals surface area (Å²) in [6, 6.07) is 5.68. The van der Waals surface area contributed by atoms with Crippen molar-refractivity contribution in [2.45, 2.75) is 12.5 Å². The first-order valence-electron chi connectivity index (χ1n) is 4.52. The van der Waals surface area contributed by atoms with Gasteiger partial charge in [-0.25, -0.2) is 4.79 Å². The fourth-order valence-corrected chi connectivity index (χ4v) is 1.74. The lowest BCUT2D eigenvalue weighted by molar-refractivity contribution is -0.137. The Morgan fingerprint density at radius 2 is 2.19 bits per heavy atom. The lowest BCUT2D eigenvalue weighted by atomic mass is 10.0.